The maximum absolute atomic E-state index is 13.2. The molecule has 0 aliphatic carbocycles. The second-order valence-corrected chi connectivity index (χ2v) is 7.19. The lowest BCUT2D eigenvalue weighted by Gasteiger charge is -2.30. The van der Waals surface area contributed by atoms with Gasteiger partial charge in [0, 0.05) is 14.1 Å². The Morgan fingerprint density at radius 3 is 2.50 bits per heavy atom. The Hall–Kier alpha value is -3.29. The second-order valence-electron chi connectivity index (χ2n) is 7.19. The van der Waals surface area contributed by atoms with E-state index in [1.807, 2.05) is 49.2 Å². The van der Waals surface area contributed by atoms with E-state index >= 15 is 0 Å². The molecule has 1 aliphatic heterocycles. The van der Waals surface area contributed by atoms with Crippen LogP contribution in [0.2, 0.25) is 0 Å². The number of benzene rings is 1. The van der Waals surface area contributed by atoms with Crippen molar-refractivity contribution in [1.82, 2.24) is 18.9 Å². The van der Waals surface area contributed by atoms with Gasteiger partial charge in [-0.2, -0.15) is 4.98 Å². The molecular formula is C20H23N5O3. The van der Waals surface area contributed by atoms with Gasteiger partial charge in [-0.3, -0.25) is 14.2 Å². The van der Waals surface area contributed by atoms with Gasteiger partial charge in [-0.15, -0.1) is 0 Å². The van der Waals surface area contributed by atoms with Gasteiger partial charge in [-0.25, -0.2) is 4.40 Å². The number of nitrogens with zero attached hydrogens (tertiary/aromatic N) is 5. The predicted molar refractivity (Wildman–Crippen MR) is 106 cm³/mol. The van der Waals surface area contributed by atoms with Gasteiger partial charge < -0.3 is 14.9 Å². The summed E-state index contributed by atoms with van der Waals surface area (Å²) < 4.78 is 2.97. The van der Waals surface area contributed by atoms with E-state index in [1.54, 1.807) is 16.5 Å². The molecule has 1 aromatic carbocycles. The predicted octanol–water partition coefficient (Wildman–Crippen LogP) is 1.68. The van der Waals surface area contributed by atoms with E-state index in [9.17, 15) is 14.7 Å². The fraction of sp³-hybridized carbons (Fsp3) is 0.350. The van der Waals surface area contributed by atoms with Crippen LogP contribution < -0.4 is 10.5 Å². The zero-order chi connectivity index (χ0) is 20.0. The van der Waals surface area contributed by atoms with Crippen molar-refractivity contribution >= 4 is 17.5 Å². The first-order valence-corrected chi connectivity index (χ1v) is 9.31. The van der Waals surface area contributed by atoms with Crippen molar-refractivity contribution in [3.63, 3.8) is 0 Å². The van der Waals surface area contributed by atoms with E-state index in [2.05, 4.69) is 4.98 Å². The maximum Gasteiger partial charge on any atom is 0.276 e. The minimum absolute atomic E-state index is 0.197. The highest BCUT2D eigenvalue weighted by molar-refractivity contribution is 6.00. The van der Waals surface area contributed by atoms with Gasteiger partial charge in [0.15, 0.2) is 11.5 Å². The van der Waals surface area contributed by atoms with Gasteiger partial charge in [0.25, 0.3) is 11.5 Å². The summed E-state index contributed by atoms with van der Waals surface area (Å²) in [7, 11) is 3.53. The Morgan fingerprint density at radius 1 is 1.11 bits per heavy atom. The van der Waals surface area contributed by atoms with Crippen molar-refractivity contribution in [2.75, 3.05) is 25.7 Å². The molecule has 3 heterocycles. The van der Waals surface area contributed by atoms with Gasteiger partial charge in [0.05, 0.1) is 18.8 Å². The Bertz CT molecular complexity index is 1120. The lowest BCUT2D eigenvalue weighted by Crippen LogP contribution is -2.43. The van der Waals surface area contributed by atoms with Crippen molar-refractivity contribution in [2.24, 2.45) is 0 Å². The third-order valence-electron chi connectivity index (χ3n) is 5.09. The van der Waals surface area contributed by atoms with Crippen LogP contribution >= 0.6 is 0 Å². The zero-order valence-corrected chi connectivity index (χ0v) is 16.2. The summed E-state index contributed by atoms with van der Waals surface area (Å²) in [6, 6.07) is 9.60. The summed E-state index contributed by atoms with van der Waals surface area (Å²) in [6.45, 7) is 2.64. The summed E-state index contributed by atoms with van der Waals surface area (Å²) >= 11 is 0. The highest BCUT2D eigenvalue weighted by Gasteiger charge is 2.33. The van der Waals surface area contributed by atoms with Gasteiger partial charge in [0.2, 0.25) is 11.7 Å². The number of carbonyl (C=O) groups is 1. The first-order valence-electron chi connectivity index (χ1n) is 9.31. The van der Waals surface area contributed by atoms with E-state index in [0.717, 1.165) is 5.56 Å². The molecule has 0 fully saturated rings. The third-order valence-corrected chi connectivity index (χ3v) is 5.09. The van der Waals surface area contributed by atoms with Crippen LogP contribution in [-0.2, 0) is 13.0 Å². The molecule has 1 aliphatic rings. The molecule has 0 radical (unpaired) electrons. The van der Waals surface area contributed by atoms with Gasteiger partial charge in [-0.1, -0.05) is 43.7 Å². The summed E-state index contributed by atoms with van der Waals surface area (Å²) in [5.74, 6) is 0.306. The highest BCUT2D eigenvalue weighted by atomic mass is 16.3. The Labute approximate surface area is 162 Å². The second kappa shape index (κ2) is 6.70. The number of rotatable bonds is 4. The minimum atomic E-state index is -0.276. The number of imidazole rings is 1. The van der Waals surface area contributed by atoms with Crippen LogP contribution in [0.3, 0.4) is 0 Å². The molecule has 4 rings (SSSR count). The number of amides is 1. The molecule has 0 atom stereocenters. The van der Waals surface area contributed by atoms with E-state index in [1.165, 1.54) is 4.40 Å². The number of hydrogen-bond acceptors (Lipinski definition) is 5. The van der Waals surface area contributed by atoms with E-state index < -0.39 is 0 Å². The van der Waals surface area contributed by atoms with Crippen LogP contribution in [0.1, 0.15) is 35.0 Å². The fourth-order valence-electron chi connectivity index (χ4n) is 3.73. The Kier molecular flexibility index (Phi) is 4.33. The number of anilines is 1. The van der Waals surface area contributed by atoms with Crippen LogP contribution in [-0.4, -0.2) is 50.6 Å². The minimum Gasteiger partial charge on any atom is -0.494 e. The lowest BCUT2D eigenvalue weighted by molar-refractivity contribution is 0.0776. The van der Waals surface area contributed by atoms with E-state index in [-0.39, 0.29) is 28.8 Å². The SMILES string of the molecule is CCCc1c(O)n2c3c(nc2n(Cc2ccccc2)c1=O)N(C)CN(C)C3=O. The summed E-state index contributed by atoms with van der Waals surface area (Å²) in [6.07, 6.45) is 1.12. The van der Waals surface area contributed by atoms with Gasteiger partial charge in [0.1, 0.15) is 0 Å². The Morgan fingerprint density at radius 2 is 1.82 bits per heavy atom. The molecule has 3 aromatic rings. The zero-order valence-electron chi connectivity index (χ0n) is 16.2. The molecule has 8 nitrogen and oxygen atoms in total. The summed E-state index contributed by atoms with van der Waals surface area (Å²) in [4.78, 5) is 34.0. The quantitative estimate of drug-likeness (QED) is 0.744. The van der Waals surface area contributed by atoms with Crippen LogP contribution in [0.5, 0.6) is 5.88 Å². The number of hydrogen-bond donors (Lipinski definition) is 1. The molecule has 1 amide bonds. The van der Waals surface area contributed by atoms with E-state index in [4.69, 9.17) is 0 Å². The molecule has 0 bridgehead atoms. The van der Waals surface area contributed by atoms with E-state index in [0.29, 0.717) is 37.4 Å². The van der Waals surface area contributed by atoms with Crippen molar-refractivity contribution in [2.45, 2.75) is 26.3 Å². The summed E-state index contributed by atoms with van der Waals surface area (Å²) in [5.41, 5.74) is 1.25. The normalized spacial score (nSPS) is 14.0. The smallest absolute Gasteiger partial charge is 0.276 e. The molecular weight excluding hydrogens is 358 g/mol. The topological polar surface area (TPSA) is 83.1 Å². The highest BCUT2D eigenvalue weighted by Crippen LogP contribution is 2.30. The van der Waals surface area contributed by atoms with Crippen molar-refractivity contribution in [3.8, 4) is 5.88 Å². The maximum atomic E-state index is 13.2. The first-order chi connectivity index (χ1) is 13.4. The monoisotopic (exact) mass is 381 g/mol. The standard InChI is InChI=1S/C20H23N5O3/c1-4-8-14-17(26)24(11-13-9-6-5-7-10-13)20-21-16-15(25(20)18(14)27)19(28)23(3)12-22(16)2/h5-7,9-10,27H,4,8,11-12H2,1-3H3. The van der Waals surface area contributed by atoms with Crippen molar-refractivity contribution in [3.05, 3.63) is 57.5 Å². The van der Waals surface area contributed by atoms with Crippen LogP contribution in [0.15, 0.2) is 35.1 Å². The van der Waals surface area contributed by atoms with Gasteiger partial charge >= 0.3 is 0 Å². The van der Waals surface area contributed by atoms with Crippen LogP contribution in [0, 0.1) is 0 Å². The number of aromatic nitrogens is 3. The van der Waals surface area contributed by atoms with Crippen LogP contribution in [0.4, 0.5) is 5.82 Å². The molecule has 28 heavy (non-hydrogen) atoms. The molecule has 0 saturated heterocycles. The molecule has 0 saturated carbocycles. The van der Waals surface area contributed by atoms with Crippen LogP contribution in [0.25, 0.3) is 5.78 Å². The number of fused-ring (bicyclic) bond motifs is 3. The molecule has 0 unspecified atom stereocenters. The average molecular weight is 381 g/mol. The number of carbonyl (C=O) groups excluding carboxylic acids is 1. The summed E-state index contributed by atoms with van der Waals surface area (Å²) in [5, 5.41) is 10.9. The first kappa shape index (κ1) is 18.1. The average Bonchev–Trinajstić information content (AvgIpc) is 3.09. The van der Waals surface area contributed by atoms with Crippen molar-refractivity contribution < 1.29 is 9.90 Å². The molecule has 8 heteroatoms. The van der Waals surface area contributed by atoms with Gasteiger partial charge in [-0.05, 0) is 12.0 Å². The molecule has 1 N–H and O–H groups in total. The fourth-order valence-corrected chi connectivity index (χ4v) is 3.73. The number of aromatic hydroxyl groups is 1. The van der Waals surface area contributed by atoms with Crippen molar-refractivity contribution in [1.29, 1.82) is 0 Å². The molecule has 146 valence electrons. The Balaban J connectivity index is 2.06. The lowest BCUT2D eigenvalue weighted by atomic mass is 10.1. The molecule has 0 spiro atoms. The third kappa shape index (κ3) is 2.64. The molecule has 2 aromatic heterocycles. The largest absolute Gasteiger partial charge is 0.494 e.